The Morgan fingerprint density at radius 1 is 1.69 bits per heavy atom. The summed E-state index contributed by atoms with van der Waals surface area (Å²) in [6, 6.07) is 1.83. The van der Waals surface area contributed by atoms with Gasteiger partial charge in [0.15, 0.2) is 0 Å². The van der Waals surface area contributed by atoms with Gasteiger partial charge in [0.25, 0.3) is 10.5 Å². The topological polar surface area (TPSA) is 74.0 Å². The first-order chi connectivity index (χ1) is 5.80. The van der Waals surface area contributed by atoms with Crippen LogP contribution in [0.1, 0.15) is 0 Å². The van der Waals surface area contributed by atoms with E-state index in [9.17, 15) is 3.89 Å². The summed E-state index contributed by atoms with van der Waals surface area (Å²) >= 11 is 5.56. The molecule has 1 aromatic heterocycles. The lowest BCUT2D eigenvalue weighted by atomic mass is 10.7. The summed E-state index contributed by atoms with van der Waals surface area (Å²) in [4.78, 5) is 3.81. The van der Waals surface area contributed by atoms with Crippen LogP contribution in [0.25, 0.3) is 0 Å². The van der Waals surface area contributed by atoms with E-state index in [0.29, 0.717) is 5.28 Å². The smallest absolute Gasteiger partial charge is 0.395 e. The maximum absolute atomic E-state index is 10.1. The van der Waals surface area contributed by atoms with Gasteiger partial charge in [0, 0.05) is 17.7 Å². The van der Waals surface area contributed by atoms with Crippen molar-refractivity contribution in [1.82, 2.24) is 4.98 Å². The maximum atomic E-state index is 10.1. The predicted molar refractivity (Wildman–Crippen MR) is 41.2 cm³/mol. The zero-order valence-electron chi connectivity index (χ0n) is 6.52. The average molecular weight is 229 g/mol. The molecule has 0 aliphatic rings. The normalized spacial score (nSPS) is 10.2. The first-order valence-electron chi connectivity index (χ1n) is 2.92. The van der Waals surface area contributed by atoms with Gasteiger partial charge in [-0.3, -0.25) is 0 Å². The molecule has 13 heavy (non-hydrogen) atoms. The second-order valence-electron chi connectivity index (χ2n) is 1.89. The third-order valence-corrected chi connectivity index (χ3v) is 1.23. The van der Waals surface area contributed by atoms with Crippen LogP contribution in [0.15, 0.2) is 18.5 Å². The van der Waals surface area contributed by atoms with E-state index in [4.69, 9.17) is 24.6 Å². The van der Waals surface area contributed by atoms with Crippen molar-refractivity contribution < 1.29 is 21.4 Å². The number of rotatable bonds is 0. The van der Waals surface area contributed by atoms with E-state index >= 15 is 0 Å². The van der Waals surface area contributed by atoms with E-state index in [1.165, 1.54) is 0 Å². The van der Waals surface area contributed by atoms with E-state index in [2.05, 4.69) is 4.98 Å². The Labute approximate surface area is 79.8 Å². The molecule has 0 radical (unpaired) electrons. The summed E-state index contributed by atoms with van der Waals surface area (Å²) in [6.07, 6.45) is 3.50. The Bertz CT molecular complexity index is 341. The lowest BCUT2D eigenvalue weighted by Crippen LogP contribution is -2.29. The van der Waals surface area contributed by atoms with E-state index in [1.807, 2.05) is 19.3 Å². The Hall–Kier alpha value is -0.790. The molecule has 0 fully saturated rings. The molecule has 0 amide bonds. The van der Waals surface area contributed by atoms with Gasteiger partial charge in [-0.1, -0.05) is 0 Å². The zero-order chi connectivity index (χ0) is 10.5. The molecule has 1 rings (SSSR count). The number of aryl methyl sites for hydroxylation is 1. The van der Waals surface area contributed by atoms with Gasteiger partial charge in [0.2, 0.25) is 0 Å². The number of aromatic nitrogens is 2. The van der Waals surface area contributed by atoms with Crippen LogP contribution < -0.4 is 4.57 Å². The maximum Gasteiger partial charge on any atom is 0.395 e. The van der Waals surface area contributed by atoms with Crippen molar-refractivity contribution in [2.45, 2.75) is 0 Å². The molecule has 0 aromatic carbocycles. The molecule has 0 atom stereocenters. The monoisotopic (exact) mass is 228 g/mol. The molecular formula is C5H6ClFN2O3S. The number of hydrogen-bond donors (Lipinski definition) is 0. The number of nitrogens with zero attached hydrogens (tertiary/aromatic N) is 2. The molecule has 0 spiro atoms. The minimum absolute atomic E-state index is 0.507. The Morgan fingerprint density at radius 2 is 2.15 bits per heavy atom. The van der Waals surface area contributed by atoms with Crippen molar-refractivity contribution in [1.29, 1.82) is 0 Å². The molecule has 0 N–H and O–H groups in total. The van der Waals surface area contributed by atoms with Crippen LogP contribution in [0.2, 0.25) is 5.28 Å². The highest BCUT2D eigenvalue weighted by molar-refractivity contribution is 7.80. The number of halogens is 2. The van der Waals surface area contributed by atoms with Gasteiger partial charge in [0.1, 0.15) is 6.20 Å². The van der Waals surface area contributed by atoms with Crippen LogP contribution in [-0.2, 0) is 17.6 Å². The van der Waals surface area contributed by atoms with Crippen molar-refractivity contribution >= 4 is 22.1 Å². The molecule has 0 aliphatic carbocycles. The second kappa shape index (κ2) is 5.05. The molecule has 8 heteroatoms. The molecule has 0 saturated heterocycles. The zero-order valence-corrected chi connectivity index (χ0v) is 8.09. The highest BCUT2D eigenvalue weighted by Gasteiger charge is 1.98. The third kappa shape index (κ3) is 9.12. The fraction of sp³-hybridized carbons (Fsp3) is 0.200. The first kappa shape index (κ1) is 12.2. The highest BCUT2D eigenvalue weighted by Crippen LogP contribution is 1.89. The van der Waals surface area contributed by atoms with Crippen LogP contribution in [0, 0.1) is 0 Å². The van der Waals surface area contributed by atoms with E-state index in [0.717, 1.165) is 0 Å². The summed E-state index contributed by atoms with van der Waals surface area (Å²) < 4.78 is 37.1. The van der Waals surface area contributed by atoms with Gasteiger partial charge in [-0.05, 0) is 4.98 Å². The summed E-state index contributed by atoms with van der Waals surface area (Å²) in [5, 5.41) is 0.507. The molecule has 1 heterocycles. The number of hydrogen-bond acceptors (Lipinski definition) is 4. The summed E-state index contributed by atoms with van der Waals surface area (Å²) in [5.74, 6) is 0. The summed E-state index contributed by atoms with van der Waals surface area (Å²) in [5.41, 5.74) is 0. The van der Waals surface area contributed by atoms with Gasteiger partial charge in [-0.25, -0.2) is 13.0 Å². The minimum Gasteiger partial charge on any atom is -0.722 e. The van der Waals surface area contributed by atoms with Crippen LogP contribution in [0.5, 0.6) is 0 Å². The first-order valence-corrected chi connectivity index (χ1v) is 4.61. The standard InChI is InChI=1S/C5H6ClN2.FHO3S/c1-8-4-2-3-7-5(8)6;1-5(2,3)4/h2-4H,1H3;(H,2,3,4)/q+1;/p-1. The van der Waals surface area contributed by atoms with Gasteiger partial charge >= 0.3 is 5.28 Å². The third-order valence-electron chi connectivity index (χ3n) is 0.868. The molecule has 74 valence electrons. The van der Waals surface area contributed by atoms with Gasteiger partial charge < -0.3 is 4.55 Å². The Morgan fingerprint density at radius 3 is 2.38 bits per heavy atom. The lowest BCUT2D eigenvalue weighted by Gasteiger charge is -1.84. The van der Waals surface area contributed by atoms with Crippen molar-refractivity contribution in [3.05, 3.63) is 23.7 Å². The van der Waals surface area contributed by atoms with E-state index < -0.39 is 10.5 Å². The molecule has 0 bridgehead atoms. The van der Waals surface area contributed by atoms with Crippen molar-refractivity contribution in [3.63, 3.8) is 0 Å². The van der Waals surface area contributed by atoms with Crippen molar-refractivity contribution in [2.75, 3.05) is 0 Å². The second-order valence-corrected chi connectivity index (χ2v) is 3.02. The van der Waals surface area contributed by atoms with Crippen LogP contribution in [0.4, 0.5) is 3.89 Å². The van der Waals surface area contributed by atoms with Crippen LogP contribution in [0.3, 0.4) is 0 Å². The lowest BCUT2D eigenvalue weighted by molar-refractivity contribution is -0.672. The quantitative estimate of drug-likeness (QED) is 0.271. The Balaban J connectivity index is 0.000000252. The van der Waals surface area contributed by atoms with Crippen molar-refractivity contribution in [3.8, 4) is 0 Å². The van der Waals surface area contributed by atoms with Crippen LogP contribution >= 0.6 is 11.6 Å². The largest absolute Gasteiger partial charge is 0.722 e. The van der Waals surface area contributed by atoms with E-state index in [-0.39, 0.29) is 0 Å². The van der Waals surface area contributed by atoms with Gasteiger partial charge in [-0.2, -0.15) is 0 Å². The summed E-state index contributed by atoms with van der Waals surface area (Å²) in [6.45, 7) is 0. The van der Waals surface area contributed by atoms with Gasteiger partial charge in [0.05, 0.1) is 13.2 Å². The highest BCUT2D eigenvalue weighted by atomic mass is 35.5. The Kier molecular flexibility index (Phi) is 4.74. The molecule has 1 aromatic rings. The minimum atomic E-state index is -5.42. The molecular weight excluding hydrogens is 223 g/mol. The van der Waals surface area contributed by atoms with Crippen molar-refractivity contribution in [2.24, 2.45) is 7.05 Å². The predicted octanol–water partition coefficient (Wildman–Crippen LogP) is -0.0244. The van der Waals surface area contributed by atoms with Crippen LogP contribution in [-0.4, -0.2) is 18.0 Å². The average Bonchev–Trinajstić information content (AvgIpc) is 1.92. The molecule has 0 unspecified atom stereocenters. The molecule has 5 nitrogen and oxygen atoms in total. The van der Waals surface area contributed by atoms with E-state index in [1.54, 1.807) is 10.8 Å². The van der Waals surface area contributed by atoms with Gasteiger partial charge in [-0.15, -0.1) is 3.89 Å². The summed E-state index contributed by atoms with van der Waals surface area (Å²) in [7, 11) is -3.57. The fourth-order valence-corrected chi connectivity index (χ4v) is 0.537. The SMILES string of the molecule is C[n+]1cccnc1Cl.O=S(=O)([O-])F. The molecule has 0 aliphatic heterocycles. The fourth-order valence-electron chi connectivity index (χ4n) is 0.425. The molecule has 0 saturated carbocycles.